The molecule has 15 heteroatoms. The van der Waals surface area contributed by atoms with E-state index < -0.39 is 17.8 Å². The van der Waals surface area contributed by atoms with Crippen LogP contribution in [0.25, 0.3) is 22.3 Å². The number of halogens is 1. The van der Waals surface area contributed by atoms with E-state index in [1.807, 2.05) is 18.2 Å². The molecule has 4 aliphatic heterocycles. The van der Waals surface area contributed by atoms with Crippen molar-refractivity contribution in [2.24, 2.45) is 5.92 Å². The maximum Gasteiger partial charge on any atom is 0.255 e. The molecule has 5 fully saturated rings. The molecule has 10 rings (SSSR count). The molecule has 2 aromatic carbocycles. The van der Waals surface area contributed by atoms with Gasteiger partial charge in [-0.05, 0) is 115 Å². The molecule has 0 spiro atoms. The summed E-state index contributed by atoms with van der Waals surface area (Å²) in [5.41, 5.74) is 3.29. The van der Waals surface area contributed by atoms with Gasteiger partial charge in [0.15, 0.2) is 5.82 Å². The Bertz CT molecular complexity index is 2350. The molecule has 1 unspecified atom stereocenters. The molecule has 14 nitrogen and oxygen atoms in total. The monoisotopic (exact) mass is 833 g/mol. The Morgan fingerprint density at radius 3 is 2.43 bits per heavy atom. The van der Waals surface area contributed by atoms with Crippen LogP contribution in [-0.2, 0) is 20.9 Å². The zero-order valence-corrected chi connectivity index (χ0v) is 35.4. The van der Waals surface area contributed by atoms with E-state index in [-0.39, 0.29) is 54.5 Å². The van der Waals surface area contributed by atoms with Crippen molar-refractivity contribution in [2.45, 2.75) is 121 Å². The van der Waals surface area contributed by atoms with Crippen molar-refractivity contribution < 1.29 is 28.2 Å². The number of piperidine rings is 2. The number of hydrogen-bond donors (Lipinski definition) is 2. The fourth-order valence-corrected chi connectivity index (χ4v) is 10.4. The third kappa shape index (κ3) is 7.95. The van der Waals surface area contributed by atoms with Gasteiger partial charge in [-0.15, -0.1) is 0 Å². The third-order valence-corrected chi connectivity index (χ3v) is 14.1. The first-order chi connectivity index (χ1) is 29.4. The number of ether oxygens (including phenoxy) is 2. The predicted molar refractivity (Wildman–Crippen MR) is 228 cm³/mol. The number of carbonyl (C=O) groups is 3. The first-order valence-electron chi connectivity index (χ1n) is 22.3. The van der Waals surface area contributed by atoms with Gasteiger partial charge in [0.1, 0.15) is 35.2 Å². The van der Waals surface area contributed by atoms with Crippen molar-refractivity contribution in [3.05, 3.63) is 59.7 Å². The van der Waals surface area contributed by atoms with Gasteiger partial charge in [-0.1, -0.05) is 0 Å². The zero-order chi connectivity index (χ0) is 42.0. The minimum Gasteiger partial charge on any atom is -0.488 e. The number of aromatic nitrogens is 4. The van der Waals surface area contributed by atoms with Crippen LogP contribution in [0.4, 0.5) is 15.9 Å². The Morgan fingerprint density at radius 1 is 0.885 bits per heavy atom. The average molecular weight is 834 g/mol. The second-order valence-electron chi connectivity index (χ2n) is 19.1. The van der Waals surface area contributed by atoms with Crippen LogP contribution in [-0.4, -0.2) is 116 Å². The van der Waals surface area contributed by atoms with E-state index in [9.17, 15) is 14.4 Å². The standard InChI is InChI=1S/C46H56FN9O5/c1-45(2)26-53(20-21-56(45)37-11-9-32-34(41(37)47)25-55(44(32)59)38-12-13-40(57)50-43(38)58)24-28-4-6-29(7-5-28)60-30-14-18-54(19-15-30)39-23-36(48-27-49-39)42-33-22-31(61-46(3)16-17-46)8-10-35(33)51-52-42/h8-11,22-23,27-30,38H,4-7,12-21,24-26H2,1-3H3,(H,51,52)(H,50,57,58)/t28-,29-,38?. The Balaban J connectivity index is 0.688. The van der Waals surface area contributed by atoms with Crippen LogP contribution in [0.5, 0.6) is 5.75 Å². The number of hydrogen-bond acceptors (Lipinski definition) is 11. The first-order valence-corrected chi connectivity index (χ1v) is 22.3. The number of imide groups is 1. The molecule has 3 saturated heterocycles. The summed E-state index contributed by atoms with van der Waals surface area (Å²) < 4.78 is 29.2. The Labute approximate surface area is 355 Å². The number of nitrogens with one attached hydrogen (secondary N) is 2. The van der Waals surface area contributed by atoms with Crippen molar-refractivity contribution in [1.29, 1.82) is 0 Å². The lowest BCUT2D eigenvalue weighted by Gasteiger charge is -2.49. The van der Waals surface area contributed by atoms with Crippen LogP contribution in [0.15, 0.2) is 42.7 Å². The van der Waals surface area contributed by atoms with Gasteiger partial charge in [0, 0.05) is 73.8 Å². The van der Waals surface area contributed by atoms with Gasteiger partial charge in [-0.25, -0.2) is 14.4 Å². The van der Waals surface area contributed by atoms with E-state index in [2.05, 4.69) is 67.0 Å². The Morgan fingerprint density at radius 2 is 1.67 bits per heavy atom. The summed E-state index contributed by atoms with van der Waals surface area (Å²) in [6.07, 6.45) is 11.1. The number of carbonyl (C=O) groups excluding carboxylic acids is 3. The highest BCUT2D eigenvalue weighted by molar-refractivity contribution is 6.05. The molecule has 0 bridgehead atoms. The van der Waals surface area contributed by atoms with Gasteiger partial charge in [0.2, 0.25) is 11.8 Å². The van der Waals surface area contributed by atoms with Crippen molar-refractivity contribution in [2.75, 3.05) is 49.1 Å². The maximum atomic E-state index is 16.3. The molecule has 6 heterocycles. The fraction of sp³-hybridized carbons (Fsp3) is 0.565. The van der Waals surface area contributed by atoms with Gasteiger partial charge in [-0.2, -0.15) is 5.10 Å². The van der Waals surface area contributed by atoms with Crippen LogP contribution in [0.3, 0.4) is 0 Å². The number of anilines is 2. The van der Waals surface area contributed by atoms with Crippen LogP contribution in [0, 0.1) is 11.7 Å². The summed E-state index contributed by atoms with van der Waals surface area (Å²) in [6, 6.07) is 10.8. The van der Waals surface area contributed by atoms with E-state index >= 15 is 4.39 Å². The smallest absolute Gasteiger partial charge is 0.255 e. The van der Waals surface area contributed by atoms with Gasteiger partial charge < -0.3 is 24.2 Å². The van der Waals surface area contributed by atoms with Crippen molar-refractivity contribution in [1.82, 2.24) is 35.3 Å². The van der Waals surface area contributed by atoms with Gasteiger partial charge in [0.05, 0.1) is 35.7 Å². The molecule has 61 heavy (non-hydrogen) atoms. The number of aromatic amines is 1. The van der Waals surface area contributed by atoms with Gasteiger partial charge in [0.25, 0.3) is 5.91 Å². The van der Waals surface area contributed by atoms with Crippen molar-refractivity contribution in [3.63, 3.8) is 0 Å². The molecule has 2 aliphatic carbocycles. The van der Waals surface area contributed by atoms with Gasteiger partial charge >= 0.3 is 0 Å². The van der Waals surface area contributed by atoms with E-state index in [1.165, 1.54) is 4.90 Å². The molecule has 3 amide bonds. The lowest BCUT2D eigenvalue weighted by Crippen LogP contribution is -2.60. The number of piperazine rings is 1. The molecule has 1 atom stereocenters. The Kier molecular flexibility index (Phi) is 10.2. The molecule has 322 valence electrons. The topological polar surface area (TPSA) is 149 Å². The van der Waals surface area contributed by atoms with Gasteiger partial charge in [-0.3, -0.25) is 29.7 Å². The normalized spacial score (nSPS) is 25.5. The average Bonchev–Trinajstić information content (AvgIpc) is 3.66. The van der Waals surface area contributed by atoms with Crippen LogP contribution < -0.4 is 19.9 Å². The number of H-pyrrole nitrogens is 1. The minimum atomic E-state index is -0.771. The largest absolute Gasteiger partial charge is 0.488 e. The zero-order valence-electron chi connectivity index (χ0n) is 35.4. The highest BCUT2D eigenvalue weighted by atomic mass is 19.1. The lowest BCUT2D eigenvalue weighted by atomic mass is 9.86. The molecular formula is C46H56FN9O5. The molecular weight excluding hydrogens is 778 g/mol. The molecule has 2 aromatic heterocycles. The van der Waals surface area contributed by atoms with E-state index in [0.717, 1.165) is 118 Å². The summed E-state index contributed by atoms with van der Waals surface area (Å²) in [7, 11) is 0. The van der Waals surface area contributed by atoms with Crippen molar-refractivity contribution >= 4 is 40.1 Å². The SMILES string of the molecule is CC1(Oc2ccc3[nH]nc(-c4cc(N5CCC(O[C@H]6CC[C@H](CN7CCN(c8ccc9c(c8F)CN(C8CCC(=O)NC8=O)C9=O)C(C)(C)C7)CC6)CC5)ncn4)c3c2)CC1. The summed E-state index contributed by atoms with van der Waals surface area (Å²) in [6.45, 7) is 11.6. The highest BCUT2D eigenvalue weighted by Gasteiger charge is 2.43. The number of fused-ring (bicyclic) bond motifs is 2. The summed E-state index contributed by atoms with van der Waals surface area (Å²) in [5.74, 6) is 0.780. The predicted octanol–water partition coefficient (Wildman–Crippen LogP) is 6.00. The molecule has 4 aromatic rings. The van der Waals surface area contributed by atoms with Crippen molar-refractivity contribution in [3.8, 4) is 17.1 Å². The van der Waals surface area contributed by atoms with Crippen LogP contribution >= 0.6 is 0 Å². The number of nitrogens with zero attached hydrogens (tertiary/aromatic N) is 7. The maximum absolute atomic E-state index is 16.3. The highest BCUT2D eigenvalue weighted by Crippen LogP contribution is 2.41. The lowest BCUT2D eigenvalue weighted by molar-refractivity contribution is -0.136. The summed E-state index contributed by atoms with van der Waals surface area (Å²) >= 11 is 0. The second kappa shape index (κ2) is 15.6. The van der Waals surface area contributed by atoms with E-state index in [1.54, 1.807) is 18.5 Å². The first kappa shape index (κ1) is 40.0. The molecule has 6 aliphatic rings. The number of rotatable bonds is 10. The Hall–Kier alpha value is -5.15. The quantitative estimate of drug-likeness (QED) is 0.182. The van der Waals surface area contributed by atoms with E-state index in [0.29, 0.717) is 29.3 Å². The van der Waals surface area contributed by atoms with E-state index in [4.69, 9.17) is 9.47 Å². The number of amides is 3. The fourth-order valence-electron chi connectivity index (χ4n) is 10.4. The molecule has 0 radical (unpaired) electrons. The minimum absolute atomic E-state index is 0.0262. The summed E-state index contributed by atoms with van der Waals surface area (Å²) in [5, 5.41) is 11.1. The molecule has 2 saturated carbocycles. The second-order valence-corrected chi connectivity index (χ2v) is 19.1. The number of benzene rings is 2. The van der Waals surface area contributed by atoms with Crippen LogP contribution in [0.1, 0.15) is 101 Å². The molecule has 2 N–H and O–H groups in total. The third-order valence-electron chi connectivity index (χ3n) is 14.1. The summed E-state index contributed by atoms with van der Waals surface area (Å²) in [4.78, 5) is 55.1. The van der Waals surface area contributed by atoms with Crippen LogP contribution in [0.2, 0.25) is 0 Å².